The standard InChI is InChI=1S/C19H20FN5OS/c1-11-8-9-16(12(2)10-11)22-18(26)13(3)27-19-24-23-17(25(19)21)14-6-4-5-7-15(14)20/h4-10,13H,21H2,1-3H3,(H,22,26). The molecular formula is C19H20FN5OS. The van der Waals surface area contributed by atoms with E-state index >= 15 is 0 Å². The molecule has 3 N–H and O–H groups in total. The number of rotatable bonds is 5. The summed E-state index contributed by atoms with van der Waals surface area (Å²) in [5, 5.41) is 10.7. The van der Waals surface area contributed by atoms with E-state index in [0.717, 1.165) is 28.6 Å². The number of nitrogens with two attached hydrogens (primary N) is 1. The van der Waals surface area contributed by atoms with Crippen molar-refractivity contribution in [2.45, 2.75) is 31.2 Å². The van der Waals surface area contributed by atoms with Crippen LogP contribution in [-0.4, -0.2) is 26.0 Å². The molecule has 1 atom stereocenters. The Labute approximate surface area is 161 Å². The van der Waals surface area contributed by atoms with Gasteiger partial charge in [-0.1, -0.05) is 41.6 Å². The number of amides is 1. The molecule has 1 amide bonds. The molecule has 27 heavy (non-hydrogen) atoms. The van der Waals surface area contributed by atoms with Crippen molar-refractivity contribution in [2.24, 2.45) is 0 Å². The summed E-state index contributed by atoms with van der Waals surface area (Å²) < 4.78 is 15.2. The van der Waals surface area contributed by atoms with Crippen LogP contribution in [0.25, 0.3) is 11.4 Å². The molecule has 8 heteroatoms. The van der Waals surface area contributed by atoms with Crippen LogP contribution in [0.2, 0.25) is 0 Å². The highest BCUT2D eigenvalue weighted by Crippen LogP contribution is 2.27. The summed E-state index contributed by atoms with van der Waals surface area (Å²) in [6.45, 7) is 5.69. The Morgan fingerprint density at radius 1 is 1.22 bits per heavy atom. The van der Waals surface area contributed by atoms with E-state index in [2.05, 4.69) is 15.5 Å². The minimum absolute atomic E-state index is 0.178. The maximum atomic E-state index is 14.0. The number of anilines is 1. The van der Waals surface area contributed by atoms with Gasteiger partial charge in [0.15, 0.2) is 5.82 Å². The molecule has 1 heterocycles. The van der Waals surface area contributed by atoms with Crippen LogP contribution in [0.4, 0.5) is 10.1 Å². The van der Waals surface area contributed by atoms with Crippen LogP contribution in [0.1, 0.15) is 18.1 Å². The Hall–Kier alpha value is -2.87. The predicted octanol–water partition coefficient (Wildman–Crippen LogP) is 3.53. The summed E-state index contributed by atoms with van der Waals surface area (Å²) in [6.07, 6.45) is 0. The number of aryl methyl sites for hydroxylation is 2. The number of aromatic nitrogens is 3. The summed E-state index contributed by atoms with van der Waals surface area (Å²) >= 11 is 1.16. The number of benzene rings is 2. The first-order valence-corrected chi connectivity index (χ1v) is 9.25. The fourth-order valence-electron chi connectivity index (χ4n) is 2.58. The molecule has 2 aromatic carbocycles. The van der Waals surface area contributed by atoms with Crippen molar-refractivity contribution in [2.75, 3.05) is 11.2 Å². The van der Waals surface area contributed by atoms with Gasteiger partial charge >= 0.3 is 0 Å². The average molecular weight is 385 g/mol. The van der Waals surface area contributed by atoms with Gasteiger partial charge in [-0.15, -0.1) is 10.2 Å². The molecule has 0 spiro atoms. The Morgan fingerprint density at radius 2 is 1.96 bits per heavy atom. The molecule has 0 saturated carbocycles. The van der Waals surface area contributed by atoms with Crippen LogP contribution in [0, 0.1) is 19.7 Å². The van der Waals surface area contributed by atoms with E-state index in [4.69, 9.17) is 5.84 Å². The fourth-order valence-corrected chi connectivity index (χ4v) is 3.35. The van der Waals surface area contributed by atoms with Crippen molar-refractivity contribution < 1.29 is 9.18 Å². The van der Waals surface area contributed by atoms with E-state index in [1.54, 1.807) is 25.1 Å². The lowest BCUT2D eigenvalue weighted by Gasteiger charge is -2.13. The van der Waals surface area contributed by atoms with Gasteiger partial charge in [0.1, 0.15) is 5.82 Å². The van der Waals surface area contributed by atoms with Gasteiger partial charge in [-0.05, 0) is 44.5 Å². The predicted molar refractivity (Wildman–Crippen MR) is 105 cm³/mol. The molecule has 0 saturated heterocycles. The van der Waals surface area contributed by atoms with E-state index in [-0.39, 0.29) is 17.3 Å². The summed E-state index contributed by atoms with van der Waals surface area (Å²) in [5.74, 6) is 5.61. The molecule has 0 radical (unpaired) electrons. The van der Waals surface area contributed by atoms with E-state index in [0.29, 0.717) is 5.16 Å². The van der Waals surface area contributed by atoms with Gasteiger partial charge < -0.3 is 11.2 Å². The molecule has 0 aliphatic rings. The summed E-state index contributed by atoms with van der Waals surface area (Å²) in [4.78, 5) is 12.5. The third-order valence-electron chi connectivity index (χ3n) is 4.07. The fraction of sp³-hybridized carbons (Fsp3) is 0.211. The third-order valence-corrected chi connectivity index (χ3v) is 5.13. The van der Waals surface area contributed by atoms with Gasteiger partial charge in [-0.2, -0.15) is 0 Å². The number of nitrogens with zero attached hydrogens (tertiary/aromatic N) is 3. The van der Waals surface area contributed by atoms with Crippen molar-refractivity contribution in [1.82, 2.24) is 14.9 Å². The highest BCUT2D eigenvalue weighted by atomic mass is 32.2. The quantitative estimate of drug-likeness (QED) is 0.518. The van der Waals surface area contributed by atoms with Crippen LogP contribution in [0.3, 0.4) is 0 Å². The molecule has 0 fully saturated rings. The normalized spacial score (nSPS) is 12.0. The molecule has 0 aliphatic carbocycles. The minimum Gasteiger partial charge on any atom is -0.335 e. The van der Waals surface area contributed by atoms with E-state index in [1.807, 2.05) is 32.0 Å². The van der Waals surface area contributed by atoms with Gasteiger partial charge in [0, 0.05) is 5.69 Å². The summed E-state index contributed by atoms with van der Waals surface area (Å²) in [5.41, 5.74) is 3.14. The molecular weight excluding hydrogens is 365 g/mol. The SMILES string of the molecule is Cc1ccc(NC(=O)C(C)Sc2nnc(-c3ccccc3F)n2N)c(C)c1. The average Bonchev–Trinajstić information content (AvgIpc) is 2.98. The Bertz CT molecular complexity index is 988. The topological polar surface area (TPSA) is 85.8 Å². The van der Waals surface area contributed by atoms with Gasteiger partial charge in [0.05, 0.1) is 10.8 Å². The highest BCUT2D eigenvalue weighted by Gasteiger charge is 2.21. The monoisotopic (exact) mass is 385 g/mol. The smallest absolute Gasteiger partial charge is 0.237 e. The minimum atomic E-state index is -0.467. The number of hydrogen-bond acceptors (Lipinski definition) is 5. The van der Waals surface area contributed by atoms with Crippen molar-refractivity contribution in [3.8, 4) is 11.4 Å². The van der Waals surface area contributed by atoms with E-state index in [9.17, 15) is 9.18 Å². The molecule has 140 valence electrons. The van der Waals surface area contributed by atoms with Crippen LogP contribution in [0.5, 0.6) is 0 Å². The van der Waals surface area contributed by atoms with Gasteiger partial charge in [0.2, 0.25) is 11.1 Å². The van der Waals surface area contributed by atoms with Gasteiger partial charge in [-0.3, -0.25) is 4.79 Å². The lowest BCUT2D eigenvalue weighted by molar-refractivity contribution is -0.115. The van der Waals surface area contributed by atoms with Crippen molar-refractivity contribution >= 4 is 23.4 Å². The summed E-state index contributed by atoms with van der Waals surface area (Å²) in [7, 11) is 0. The number of halogens is 1. The maximum Gasteiger partial charge on any atom is 0.237 e. The molecule has 0 aliphatic heterocycles. The first-order valence-electron chi connectivity index (χ1n) is 8.37. The van der Waals surface area contributed by atoms with Crippen molar-refractivity contribution in [3.63, 3.8) is 0 Å². The van der Waals surface area contributed by atoms with E-state index in [1.165, 1.54) is 10.7 Å². The van der Waals surface area contributed by atoms with Crippen LogP contribution >= 0.6 is 11.8 Å². The zero-order valence-corrected chi connectivity index (χ0v) is 16.0. The van der Waals surface area contributed by atoms with Crippen LogP contribution < -0.4 is 11.2 Å². The maximum absolute atomic E-state index is 14.0. The Morgan fingerprint density at radius 3 is 2.67 bits per heavy atom. The largest absolute Gasteiger partial charge is 0.335 e. The zero-order valence-electron chi connectivity index (χ0n) is 15.2. The third kappa shape index (κ3) is 4.11. The second-order valence-corrected chi connectivity index (χ2v) is 7.53. The number of thioether (sulfide) groups is 1. The zero-order chi connectivity index (χ0) is 19.6. The molecule has 1 unspecified atom stereocenters. The van der Waals surface area contributed by atoms with Crippen molar-refractivity contribution in [3.05, 3.63) is 59.4 Å². The lowest BCUT2D eigenvalue weighted by Crippen LogP contribution is -2.24. The Balaban J connectivity index is 1.73. The molecule has 3 aromatic rings. The number of nitrogen functional groups attached to an aromatic ring is 1. The highest BCUT2D eigenvalue weighted by molar-refractivity contribution is 8.00. The van der Waals surface area contributed by atoms with Crippen LogP contribution in [-0.2, 0) is 4.79 Å². The Kier molecular flexibility index (Phi) is 5.46. The van der Waals surface area contributed by atoms with E-state index < -0.39 is 11.1 Å². The first kappa shape index (κ1) is 18.9. The molecule has 1 aromatic heterocycles. The lowest BCUT2D eigenvalue weighted by atomic mass is 10.1. The van der Waals surface area contributed by atoms with Crippen LogP contribution in [0.15, 0.2) is 47.6 Å². The number of carbonyl (C=O) groups is 1. The molecule has 0 bridgehead atoms. The second-order valence-electron chi connectivity index (χ2n) is 6.22. The van der Waals surface area contributed by atoms with Gasteiger partial charge in [0.25, 0.3) is 0 Å². The number of hydrogen-bond donors (Lipinski definition) is 2. The van der Waals surface area contributed by atoms with Crippen molar-refractivity contribution in [1.29, 1.82) is 0 Å². The number of nitrogens with one attached hydrogen (secondary N) is 1. The molecule has 6 nitrogen and oxygen atoms in total. The second kappa shape index (κ2) is 7.79. The molecule has 3 rings (SSSR count). The first-order chi connectivity index (χ1) is 12.9. The number of carbonyl (C=O) groups excluding carboxylic acids is 1. The van der Waals surface area contributed by atoms with Gasteiger partial charge in [-0.25, -0.2) is 9.07 Å². The summed E-state index contributed by atoms with van der Waals surface area (Å²) in [6, 6.07) is 12.0.